The van der Waals surface area contributed by atoms with Gasteiger partial charge in [0.15, 0.2) is 5.84 Å². The number of hydrogen-bond donors (Lipinski definition) is 2. The Bertz CT molecular complexity index is 506. The van der Waals surface area contributed by atoms with Crippen LogP contribution in [-0.4, -0.2) is 31.2 Å². The normalized spacial score (nSPS) is 17.3. The molecule has 0 unspecified atom stereocenters. The fraction of sp³-hybridized carbons (Fsp3) is 0.562. The van der Waals surface area contributed by atoms with Gasteiger partial charge in [-0.15, -0.1) is 0 Å². The summed E-state index contributed by atoms with van der Waals surface area (Å²) in [6, 6.07) is 5.64. The molecule has 1 saturated heterocycles. The van der Waals surface area contributed by atoms with Crippen LogP contribution < -0.4 is 15.4 Å². The van der Waals surface area contributed by atoms with Crippen molar-refractivity contribution >= 4 is 11.5 Å². The van der Waals surface area contributed by atoms with Gasteiger partial charge in [-0.05, 0) is 36.8 Å². The molecule has 0 aromatic heterocycles. The van der Waals surface area contributed by atoms with Gasteiger partial charge >= 0.3 is 0 Å². The van der Waals surface area contributed by atoms with Crippen LogP contribution in [0.25, 0.3) is 0 Å². The molecule has 0 spiro atoms. The lowest BCUT2D eigenvalue weighted by atomic mass is 9.86. The molecule has 5 nitrogen and oxygen atoms in total. The summed E-state index contributed by atoms with van der Waals surface area (Å²) in [5, 5.41) is 12.1. The van der Waals surface area contributed by atoms with Crippen LogP contribution in [0.2, 0.25) is 0 Å². The molecule has 1 fully saturated rings. The zero-order valence-corrected chi connectivity index (χ0v) is 13.0. The van der Waals surface area contributed by atoms with E-state index in [1.54, 1.807) is 7.11 Å². The van der Waals surface area contributed by atoms with Crippen LogP contribution in [0.1, 0.15) is 32.3 Å². The number of rotatable bonds is 4. The van der Waals surface area contributed by atoms with Gasteiger partial charge in [-0.1, -0.05) is 19.0 Å². The maximum atomic E-state index is 8.97. The minimum Gasteiger partial charge on any atom is -0.497 e. The molecule has 5 heteroatoms. The highest BCUT2D eigenvalue weighted by Gasteiger charge is 2.24. The maximum absolute atomic E-state index is 8.97. The van der Waals surface area contributed by atoms with Crippen LogP contribution in [0, 0.1) is 11.8 Å². The van der Waals surface area contributed by atoms with Gasteiger partial charge in [0.2, 0.25) is 0 Å². The average molecular weight is 291 g/mol. The molecular weight excluding hydrogens is 266 g/mol. The van der Waals surface area contributed by atoms with Crippen LogP contribution in [-0.2, 0) is 0 Å². The lowest BCUT2D eigenvalue weighted by molar-refractivity contribution is 0.311. The summed E-state index contributed by atoms with van der Waals surface area (Å²) in [6.07, 6.45) is 2.34. The number of amidine groups is 1. The molecule has 0 bridgehead atoms. The third kappa shape index (κ3) is 3.40. The Labute approximate surface area is 126 Å². The zero-order valence-electron chi connectivity index (χ0n) is 13.0. The number of oxime groups is 1. The van der Waals surface area contributed by atoms with Crippen molar-refractivity contribution in [2.75, 3.05) is 25.1 Å². The van der Waals surface area contributed by atoms with Crippen molar-refractivity contribution in [3.8, 4) is 5.75 Å². The molecule has 2 rings (SSSR count). The molecule has 0 aliphatic carbocycles. The van der Waals surface area contributed by atoms with Gasteiger partial charge in [-0.2, -0.15) is 0 Å². The minimum atomic E-state index is 0.138. The molecule has 3 N–H and O–H groups in total. The molecule has 1 aliphatic heterocycles. The number of anilines is 1. The van der Waals surface area contributed by atoms with Gasteiger partial charge in [0, 0.05) is 24.7 Å². The van der Waals surface area contributed by atoms with Crippen LogP contribution in [0.4, 0.5) is 5.69 Å². The van der Waals surface area contributed by atoms with Gasteiger partial charge in [-0.25, -0.2) is 0 Å². The molecule has 0 radical (unpaired) electrons. The first-order chi connectivity index (χ1) is 10.1. The average Bonchev–Trinajstić information content (AvgIpc) is 2.53. The van der Waals surface area contributed by atoms with Crippen molar-refractivity contribution in [3.63, 3.8) is 0 Å². The van der Waals surface area contributed by atoms with Crippen LogP contribution in [0.3, 0.4) is 0 Å². The van der Waals surface area contributed by atoms with Gasteiger partial charge < -0.3 is 20.6 Å². The van der Waals surface area contributed by atoms with Crippen molar-refractivity contribution in [2.45, 2.75) is 26.7 Å². The Morgan fingerprint density at radius 2 is 2.05 bits per heavy atom. The number of nitrogens with zero attached hydrogens (tertiary/aromatic N) is 2. The molecule has 116 valence electrons. The highest BCUT2D eigenvalue weighted by atomic mass is 16.5. The van der Waals surface area contributed by atoms with Crippen molar-refractivity contribution in [2.24, 2.45) is 22.7 Å². The predicted molar refractivity (Wildman–Crippen MR) is 85.3 cm³/mol. The summed E-state index contributed by atoms with van der Waals surface area (Å²) in [5.74, 6) is 2.42. The lowest BCUT2D eigenvalue weighted by Gasteiger charge is -2.36. The van der Waals surface area contributed by atoms with E-state index in [0.717, 1.165) is 41.9 Å². The highest BCUT2D eigenvalue weighted by molar-refractivity contribution is 6.02. The van der Waals surface area contributed by atoms with Gasteiger partial charge in [-0.3, -0.25) is 0 Å². The summed E-state index contributed by atoms with van der Waals surface area (Å²) >= 11 is 0. The second-order valence-corrected chi connectivity index (χ2v) is 5.94. The summed E-state index contributed by atoms with van der Waals surface area (Å²) < 4.78 is 5.30. The van der Waals surface area contributed by atoms with E-state index in [4.69, 9.17) is 15.7 Å². The Morgan fingerprint density at radius 1 is 1.38 bits per heavy atom. The number of nitrogens with two attached hydrogens (primary N) is 1. The minimum absolute atomic E-state index is 0.138. The zero-order chi connectivity index (χ0) is 15.4. The molecule has 1 heterocycles. The molecule has 0 saturated carbocycles. The third-order valence-electron chi connectivity index (χ3n) is 4.41. The SMILES string of the molecule is COc1ccc(/C(N)=N/O)c(N2CCC(C(C)C)CC2)c1. The third-order valence-corrected chi connectivity index (χ3v) is 4.41. The predicted octanol–water partition coefficient (Wildman–Crippen LogP) is 2.66. The monoisotopic (exact) mass is 291 g/mol. The van der Waals surface area contributed by atoms with E-state index >= 15 is 0 Å². The van der Waals surface area contributed by atoms with E-state index in [0.29, 0.717) is 0 Å². The highest BCUT2D eigenvalue weighted by Crippen LogP contribution is 2.32. The molecular formula is C16H25N3O2. The number of hydrogen-bond acceptors (Lipinski definition) is 4. The molecule has 0 amide bonds. The second kappa shape index (κ2) is 6.70. The van der Waals surface area contributed by atoms with Crippen molar-refractivity contribution in [3.05, 3.63) is 23.8 Å². The Balaban J connectivity index is 2.26. The van der Waals surface area contributed by atoms with Gasteiger partial charge in [0.05, 0.1) is 12.8 Å². The van der Waals surface area contributed by atoms with Crippen LogP contribution in [0.5, 0.6) is 5.75 Å². The van der Waals surface area contributed by atoms with E-state index in [9.17, 15) is 0 Å². The maximum Gasteiger partial charge on any atom is 0.172 e. The molecule has 1 aromatic carbocycles. The van der Waals surface area contributed by atoms with Crippen LogP contribution >= 0.6 is 0 Å². The summed E-state index contributed by atoms with van der Waals surface area (Å²) in [7, 11) is 1.65. The fourth-order valence-electron chi connectivity index (χ4n) is 2.98. The van der Waals surface area contributed by atoms with Crippen LogP contribution in [0.15, 0.2) is 23.4 Å². The van der Waals surface area contributed by atoms with Gasteiger partial charge in [0.25, 0.3) is 0 Å². The summed E-state index contributed by atoms with van der Waals surface area (Å²) in [4.78, 5) is 2.30. The molecule has 1 aliphatic rings. The topological polar surface area (TPSA) is 71.1 Å². The number of methoxy groups -OCH3 is 1. The first-order valence-electron chi connectivity index (χ1n) is 7.47. The van der Waals surface area contributed by atoms with E-state index in [-0.39, 0.29) is 5.84 Å². The molecule has 21 heavy (non-hydrogen) atoms. The second-order valence-electron chi connectivity index (χ2n) is 5.94. The van der Waals surface area contributed by atoms with Gasteiger partial charge in [0.1, 0.15) is 5.75 Å². The van der Waals surface area contributed by atoms with E-state index < -0.39 is 0 Å². The fourth-order valence-corrected chi connectivity index (χ4v) is 2.98. The molecule has 0 atom stereocenters. The first-order valence-corrected chi connectivity index (χ1v) is 7.47. The Morgan fingerprint density at radius 3 is 2.57 bits per heavy atom. The summed E-state index contributed by atoms with van der Waals surface area (Å²) in [6.45, 7) is 6.55. The molecule has 1 aromatic rings. The largest absolute Gasteiger partial charge is 0.497 e. The van der Waals surface area contributed by atoms with E-state index in [1.165, 1.54) is 12.8 Å². The van der Waals surface area contributed by atoms with Crippen molar-refractivity contribution in [1.82, 2.24) is 0 Å². The number of benzene rings is 1. The number of ether oxygens (including phenoxy) is 1. The van der Waals surface area contributed by atoms with Crippen molar-refractivity contribution in [1.29, 1.82) is 0 Å². The van der Waals surface area contributed by atoms with Crippen molar-refractivity contribution < 1.29 is 9.94 Å². The standard InChI is InChI=1S/C16H25N3O2/c1-11(2)12-6-8-19(9-7-12)15-10-13(21-3)4-5-14(15)16(17)18-20/h4-5,10-12,20H,6-9H2,1-3H3,(H2,17,18). The quantitative estimate of drug-likeness (QED) is 0.387. The van der Waals surface area contributed by atoms with E-state index in [1.807, 2.05) is 18.2 Å². The summed E-state index contributed by atoms with van der Waals surface area (Å²) in [5.41, 5.74) is 7.53. The Hall–Kier alpha value is -1.91. The number of piperidine rings is 1. The lowest BCUT2D eigenvalue weighted by Crippen LogP contribution is -2.36. The first kappa shape index (κ1) is 15.5. The van der Waals surface area contributed by atoms with E-state index in [2.05, 4.69) is 23.9 Å². The Kier molecular flexibility index (Phi) is 4.94. The smallest absolute Gasteiger partial charge is 0.172 e.